The van der Waals surface area contributed by atoms with Gasteiger partial charge in [-0.25, -0.2) is 0 Å². The Bertz CT molecular complexity index is 453. The molecule has 0 aliphatic heterocycles. The number of rotatable bonds is 5. The van der Waals surface area contributed by atoms with Crippen LogP contribution in [0.25, 0.3) is 0 Å². The van der Waals surface area contributed by atoms with Crippen molar-refractivity contribution in [2.24, 2.45) is 5.92 Å². The van der Waals surface area contributed by atoms with Crippen LogP contribution in [0.2, 0.25) is 0 Å². The summed E-state index contributed by atoms with van der Waals surface area (Å²) < 4.78 is 0. The van der Waals surface area contributed by atoms with Crippen LogP contribution in [0.5, 0.6) is 11.5 Å². The summed E-state index contributed by atoms with van der Waals surface area (Å²) in [5, 5.41) is 18.6. The van der Waals surface area contributed by atoms with Gasteiger partial charge in [0.1, 0.15) is 0 Å². The van der Waals surface area contributed by atoms with Crippen LogP contribution in [-0.2, 0) is 0 Å². The summed E-state index contributed by atoms with van der Waals surface area (Å²) in [5.41, 5.74) is 0.438. The number of carbonyl (C=O) groups is 1. The first-order valence-electron chi connectivity index (χ1n) is 6.80. The summed E-state index contributed by atoms with van der Waals surface area (Å²) in [7, 11) is 1.95. The quantitative estimate of drug-likeness (QED) is 0.632. The molecule has 0 bridgehead atoms. The number of Topliss-reactive ketones (excluding diaryl/α,β-unsaturated/α-hetero) is 1. The third-order valence-corrected chi connectivity index (χ3v) is 3.76. The molecule has 0 unspecified atom stereocenters. The minimum absolute atomic E-state index is 0.0317. The lowest BCUT2D eigenvalue weighted by Crippen LogP contribution is -2.30. The molecule has 4 heteroatoms. The van der Waals surface area contributed by atoms with Crippen LogP contribution in [0.3, 0.4) is 0 Å². The molecular weight excluding hydrogens is 242 g/mol. The molecule has 0 radical (unpaired) electrons. The van der Waals surface area contributed by atoms with Crippen LogP contribution >= 0.6 is 0 Å². The second-order valence-corrected chi connectivity index (χ2v) is 5.47. The SMILES string of the molecule is CN(CC(=O)c1ccc(O)c(O)c1)CC1CCCC1. The summed E-state index contributed by atoms with van der Waals surface area (Å²) >= 11 is 0. The van der Waals surface area contributed by atoms with Crippen LogP contribution in [0.15, 0.2) is 18.2 Å². The molecule has 1 aliphatic rings. The second kappa shape index (κ2) is 6.06. The standard InChI is InChI=1S/C15H21NO3/c1-16(9-11-4-2-3-5-11)10-15(19)12-6-7-13(17)14(18)8-12/h6-8,11,17-18H,2-5,9-10H2,1H3. The average molecular weight is 263 g/mol. The Morgan fingerprint density at radius 3 is 2.58 bits per heavy atom. The maximum absolute atomic E-state index is 12.1. The molecule has 2 rings (SSSR count). The molecule has 1 aromatic carbocycles. The number of hydrogen-bond donors (Lipinski definition) is 2. The van der Waals surface area contributed by atoms with Gasteiger partial charge in [-0.15, -0.1) is 0 Å². The molecule has 19 heavy (non-hydrogen) atoms. The fraction of sp³-hybridized carbons (Fsp3) is 0.533. The number of likely N-dealkylation sites (N-methyl/N-ethyl adjacent to an activating group) is 1. The molecule has 0 amide bonds. The van der Waals surface area contributed by atoms with Crippen LogP contribution in [0.1, 0.15) is 36.0 Å². The lowest BCUT2D eigenvalue weighted by atomic mass is 10.1. The van der Waals surface area contributed by atoms with Gasteiger partial charge in [-0.05, 0) is 44.0 Å². The predicted molar refractivity (Wildman–Crippen MR) is 73.6 cm³/mol. The Balaban J connectivity index is 1.90. The predicted octanol–water partition coefficient (Wildman–Crippen LogP) is 2.40. The summed E-state index contributed by atoms with van der Waals surface area (Å²) in [6, 6.07) is 4.21. The molecule has 0 aromatic heterocycles. The molecule has 4 nitrogen and oxygen atoms in total. The Morgan fingerprint density at radius 1 is 1.26 bits per heavy atom. The van der Waals surface area contributed by atoms with E-state index in [-0.39, 0.29) is 17.3 Å². The van der Waals surface area contributed by atoms with E-state index in [4.69, 9.17) is 0 Å². The molecular formula is C15H21NO3. The number of aromatic hydroxyl groups is 2. The summed E-state index contributed by atoms with van der Waals surface area (Å²) in [4.78, 5) is 14.1. The van der Waals surface area contributed by atoms with Crippen molar-refractivity contribution in [1.82, 2.24) is 4.90 Å². The average Bonchev–Trinajstić information content (AvgIpc) is 2.85. The van der Waals surface area contributed by atoms with Crippen molar-refractivity contribution >= 4 is 5.78 Å². The van der Waals surface area contributed by atoms with Gasteiger partial charge < -0.3 is 10.2 Å². The van der Waals surface area contributed by atoms with E-state index in [1.54, 1.807) is 6.07 Å². The number of carbonyl (C=O) groups excluding carboxylic acids is 1. The Labute approximate surface area is 113 Å². The van der Waals surface area contributed by atoms with E-state index < -0.39 is 0 Å². The number of hydrogen-bond acceptors (Lipinski definition) is 4. The van der Waals surface area contributed by atoms with E-state index in [0.29, 0.717) is 18.0 Å². The van der Waals surface area contributed by atoms with Crippen LogP contribution in [0, 0.1) is 5.92 Å². The third-order valence-electron chi connectivity index (χ3n) is 3.76. The number of benzene rings is 1. The van der Waals surface area contributed by atoms with E-state index >= 15 is 0 Å². The van der Waals surface area contributed by atoms with Gasteiger partial charge in [0.15, 0.2) is 17.3 Å². The van der Waals surface area contributed by atoms with Gasteiger partial charge in [-0.2, -0.15) is 0 Å². The lowest BCUT2D eigenvalue weighted by molar-refractivity contribution is 0.0937. The Hall–Kier alpha value is -1.55. The van der Waals surface area contributed by atoms with Crippen molar-refractivity contribution in [3.63, 3.8) is 0 Å². The van der Waals surface area contributed by atoms with Crippen molar-refractivity contribution in [3.8, 4) is 11.5 Å². The highest BCUT2D eigenvalue weighted by Crippen LogP contribution is 2.26. The summed E-state index contributed by atoms with van der Waals surface area (Å²) in [6.45, 7) is 1.30. The lowest BCUT2D eigenvalue weighted by Gasteiger charge is -2.19. The minimum Gasteiger partial charge on any atom is -0.504 e. The number of ketones is 1. The van der Waals surface area contributed by atoms with Crippen molar-refractivity contribution < 1.29 is 15.0 Å². The number of phenols is 2. The maximum atomic E-state index is 12.1. The zero-order valence-corrected chi connectivity index (χ0v) is 11.3. The van der Waals surface area contributed by atoms with Gasteiger partial charge in [-0.1, -0.05) is 12.8 Å². The minimum atomic E-state index is -0.246. The molecule has 2 N–H and O–H groups in total. The van der Waals surface area contributed by atoms with Gasteiger partial charge in [-0.3, -0.25) is 9.69 Å². The third kappa shape index (κ3) is 3.70. The molecule has 0 saturated heterocycles. The Kier molecular flexibility index (Phi) is 4.43. The first-order valence-corrected chi connectivity index (χ1v) is 6.80. The largest absolute Gasteiger partial charge is 0.504 e. The van der Waals surface area contributed by atoms with Gasteiger partial charge >= 0.3 is 0 Å². The van der Waals surface area contributed by atoms with Gasteiger partial charge in [0.25, 0.3) is 0 Å². The molecule has 1 aliphatic carbocycles. The molecule has 104 valence electrons. The highest BCUT2D eigenvalue weighted by atomic mass is 16.3. The normalized spacial score (nSPS) is 16.1. The zero-order chi connectivity index (χ0) is 13.8. The highest BCUT2D eigenvalue weighted by molar-refractivity contribution is 5.98. The number of phenolic OH excluding ortho intramolecular Hbond substituents is 2. The smallest absolute Gasteiger partial charge is 0.176 e. The van der Waals surface area contributed by atoms with Crippen LogP contribution in [0.4, 0.5) is 0 Å². The first kappa shape index (κ1) is 13.9. The molecule has 1 saturated carbocycles. The van der Waals surface area contributed by atoms with Gasteiger partial charge in [0, 0.05) is 12.1 Å². The monoisotopic (exact) mass is 263 g/mol. The summed E-state index contributed by atoms with van der Waals surface area (Å²) in [5.74, 6) is 0.238. The van der Waals surface area contributed by atoms with Gasteiger partial charge in [0.05, 0.1) is 6.54 Å². The second-order valence-electron chi connectivity index (χ2n) is 5.47. The maximum Gasteiger partial charge on any atom is 0.176 e. The van der Waals surface area contributed by atoms with E-state index in [1.165, 1.54) is 37.8 Å². The topological polar surface area (TPSA) is 60.8 Å². The van der Waals surface area contributed by atoms with E-state index in [1.807, 2.05) is 11.9 Å². The Morgan fingerprint density at radius 2 is 1.95 bits per heavy atom. The van der Waals surface area contributed by atoms with E-state index in [0.717, 1.165) is 6.54 Å². The van der Waals surface area contributed by atoms with E-state index in [2.05, 4.69) is 0 Å². The molecule has 1 fully saturated rings. The van der Waals surface area contributed by atoms with E-state index in [9.17, 15) is 15.0 Å². The van der Waals surface area contributed by atoms with Crippen molar-refractivity contribution in [2.75, 3.05) is 20.1 Å². The first-order chi connectivity index (χ1) is 9.06. The zero-order valence-electron chi connectivity index (χ0n) is 11.3. The molecule has 0 heterocycles. The van der Waals surface area contributed by atoms with Crippen LogP contribution in [-0.4, -0.2) is 41.0 Å². The molecule has 0 spiro atoms. The summed E-state index contributed by atoms with van der Waals surface area (Å²) in [6.07, 6.45) is 5.13. The molecule has 0 atom stereocenters. The van der Waals surface area contributed by atoms with Gasteiger partial charge in [0.2, 0.25) is 0 Å². The van der Waals surface area contributed by atoms with Crippen molar-refractivity contribution in [2.45, 2.75) is 25.7 Å². The fourth-order valence-electron chi connectivity index (χ4n) is 2.73. The highest BCUT2D eigenvalue weighted by Gasteiger charge is 2.18. The fourth-order valence-corrected chi connectivity index (χ4v) is 2.73. The van der Waals surface area contributed by atoms with Crippen LogP contribution < -0.4 is 0 Å². The number of nitrogens with zero attached hydrogens (tertiary/aromatic N) is 1. The van der Waals surface area contributed by atoms with Crippen molar-refractivity contribution in [3.05, 3.63) is 23.8 Å². The molecule has 1 aromatic rings. The van der Waals surface area contributed by atoms with Crippen molar-refractivity contribution in [1.29, 1.82) is 0 Å².